The van der Waals surface area contributed by atoms with E-state index in [1.807, 2.05) is 61.2 Å². The molecule has 0 aliphatic carbocycles. The molecule has 5 heteroatoms. The Labute approximate surface area is 142 Å². The van der Waals surface area contributed by atoms with Crippen molar-refractivity contribution >= 4 is 5.91 Å². The van der Waals surface area contributed by atoms with E-state index < -0.39 is 0 Å². The summed E-state index contributed by atoms with van der Waals surface area (Å²) in [4.78, 5) is 13.9. The summed E-state index contributed by atoms with van der Waals surface area (Å²) in [6, 6.07) is 13.7. The van der Waals surface area contributed by atoms with Gasteiger partial charge in [0.15, 0.2) is 0 Å². The number of nitrogens with zero attached hydrogens (tertiary/aromatic N) is 3. The first kappa shape index (κ1) is 16.4. The minimum absolute atomic E-state index is 0.0565. The van der Waals surface area contributed by atoms with E-state index in [1.165, 1.54) is 0 Å². The number of rotatable bonds is 5. The Kier molecular flexibility index (Phi) is 5.08. The molecule has 0 spiro atoms. The number of benzene rings is 1. The van der Waals surface area contributed by atoms with Crippen LogP contribution in [0.2, 0.25) is 0 Å². The van der Waals surface area contributed by atoms with Crippen molar-refractivity contribution in [2.45, 2.75) is 20.3 Å². The molecule has 1 fully saturated rings. The van der Waals surface area contributed by atoms with Crippen LogP contribution in [0.5, 0.6) is 5.88 Å². The lowest BCUT2D eigenvalue weighted by molar-refractivity contribution is -0.133. The van der Waals surface area contributed by atoms with Gasteiger partial charge in [0, 0.05) is 36.6 Å². The minimum atomic E-state index is 0.0565. The fraction of sp³-hybridized carbons (Fsp3) is 0.421. The Morgan fingerprint density at radius 2 is 2.00 bits per heavy atom. The van der Waals surface area contributed by atoms with Crippen LogP contribution in [0.4, 0.5) is 0 Å². The summed E-state index contributed by atoms with van der Waals surface area (Å²) < 4.78 is 5.76. The van der Waals surface area contributed by atoms with E-state index in [4.69, 9.17) is 4.74 Å². The Bertz CT molecular complexity index is 671. The van der Waals surface area contributed by atoms with Gasteiger partial charge < -0.3 is 9.64 Å². The van der Waals surface area contributed by atoms with Gasteiger partial charge in [-0.3, -0.25) is 4.79 Å². The lowest BCUT2D eigenvalue weighted by Crippen LogP contribution is -2.32. The highest BCUT2D eigenvalue weighted by atomic mass is 16.5. The van der Waals surface area contributed by atoms with Gasteiger partial charge in [0.05, 0.1) is 12.3 Å². The molecule has 1 aromatic heterocycles. The maximum absolute atomic E-state index is 12.0. The maximum Gasteiger partial charge on any atom is 0.233 e. The van der Waals surface area contributed by atoms with Crippen LogP contribution in [-0.2, 0) is 4.79 Å². The zero-order valence-corrected chi connectivity index (χ0v) is 14.2. The van der Waals surface area contributed by atoms with Gasteiger partial charge in [-0.1, -0.05) is 44.2 Å². The topological polar surface area (TPSA) is 55.3 Å². The predicted molar refractivity (Wildman–Crippen MR) is 92.5 cm³/mol. The Balaban J connectivity index is 1.52. The molecular formula is C19H23N3O2. The Morgan fingerprint density at radius 3 is 2.67 bits per heavy atom. The number of amides is 1. The molecule has 0 saturated carbocycles. The summed E-state index contributed by atoms with van der Waals surface area (Å²) in [5.41, 5.74) is 1.87. The van der Waals surface area contributed by atoms with Crippen molar-refractivity contribution < 1.29 is 9.53 Å². The van der Waals surface area contributed by atoms with Gasteiger partial charge in [-0.25, -0.2) is 0 Å². The van der Waals surface area contributed by atoms with E-state index in [-0.39, 0.29) is 11.8 Å². The number of ether oxygens (including phenoxy) is 1. The molecule has 5 nitrogen and oxygen atoms in total. The van der Waals surface area contributed by atoms with Gasteiger partial charge >= 0.3 is 0 Å². The summed E-state index contributed by atoms with van der Waals surface area (Å²) in [6.07, 6.45) is 0.980. The standard InChI is InChI=1S/C19H23N3O2/c1-14(2)19(23)22-11-10-15(12-22)13-24-18-9-8-17(20-21-18)16-6-4-3-5-7-16/h3-9,14-15H,10-13H2,1-2H3. The van der Waals surface area contributed by atoms with Gasteiger partial charge in [-0.15, -0.1) is 10.2 Å². The molecule has 1 atom stereocenters. The fourth-order valence-electron chi connectivity index (χ4n) is 2.90. The van der Waals surface area contributed by atoms with E-state index in [0.29, 0.717) is 18.4 Å². The van der Waals surface area contributed by atoms with Gasteiger partial charge in [-0.2, -0.15) is 0 Å². The molecule has 2 aromatic rings. The first-order chi connectivity index (χ1) is 11.6. The highest BCUT2D eigenvalue weighted by Crippen LogP contribution is 2.21. The zero-order chi connectivity index (χ0) is 16.9. The summed E-state index contributed by atoms with van der Waals surface area (Å²) >= 11 is 0. The highest BCUT2D eigenvalue weighted by molar-refractivity contribution is 5.78. The maximum atomic E-state index is 12.0. The molecule has 2 heterocycles. The second kappa shape index (κ2) is 7.43. The molecule has 0 N–H and O–H groups in total. The largest absolute Gasteiger partial charge is 0.476 e. The van der Waals surface area contributed by atoms with Crippen molar-refractivity contribution in [3.63, 3.8) is 0 Å². The van der Waals surface area contributed by atoms with Gasteiger partial charge in [0.1, 0.15) is 0 Å². The SMILES string of the molecule is CC(C)C(=O)N1CCC(COc2ccc(-c3ccccc3)nn2)C1. The molecule has 1 aromatic carbocycles. The quantitative estimate of drug-likeness (QED) is 0.848. The van der Waals surface area contributed by atoms with Crippen LogP contribution in [0.3, 0.4) is 0 Å². The molecule has 0 radical (unpaired) electrons. The number of hydrogen-bond acceptors (Lipinski definition) is 4. The second-order valence-electron chi connectivity index (χ2n) is 6.53. The van der Waals surface area contributed by atoms with Crippen molar-refractivity contribution in [3.8, 4) is 17.1 Å². The van der Waals surface area contributed by atoms with Gasteiger partial charge in [0.2, 0.25) is 11.8 Å². The molecule has 24 heavy (non-hydrogen) atoms. The molecule has 1 unspecified atom stereocenters. The summed E-state index contributed by atoms with van der Waals surface area (Å²) in [5.74, 6) is 1.18. The van der Waals surface area contributed by atoms with Crippen LogP contribution >= 0.6 is 0 Å². The normalized spacial score (nSPS) is 17.3. The third-order valence-electron chi connectivity index (χ3n) is 4.27. The fourth-order valence-corrected chi connectivity index (χ4v) is 2.90. The number of hydrogen-bond donors (Lipinski definition) is 0. The molecular weight excluding hydrogens is 302 g/mol. The summed E-state index contributed by atoms with van der Waals surface area (Å²) in [6.45, 7) is 6.05. The minimum Gasteiger partial charge on any atom is -0.476 e. The lowest BCUT2D eigenvalue weighted by atomic mass is 10.1. The van der Waals surface area contributed by atoms with Crippen molar-refractivity contribution in [2.24, 2.45) is 11.8 Å². The molecule has 3 rings (SSSR count). The predicted octanol–water partition coefficient (Wildman–Crippen LogP) is 3.03. The van der Waals surface area contributed by atoms with Crippen molar-refractivity contribution in [1.29, 1.82) is 0 Å². The van der Waals surface area contributed by atoms with Crippen molar-refractivity contribution in [2.75, 3.05) is 19.7 Å². The van der Waals surface area contributed by atoms with E-state index in [1.54, 1.807) is 0 Å². The molecule has 1 saturated heterocycles. The zero-order valence-electron chi connectivity index (χ0n) is 14.2. The average Bonchev–Trinajstić information content (AvgIpc) is 3.09. The third-order valence-corrected chi connectivity index (χ3v) is 4.27. The van der Waals surface area contributed by atoms with E-state index in [2.05, 4.69) is 10.2 Å². The number of carbonyl (C=O) groups excluding carboxylic acids is 1. The van der Waals surface area contributed by atoms with Crippen molar-refractivity contribution in [1.82, 2.24) is 15.1 Å². The van der Waals surface area contributed by atoms with Crippen LogP contribution in [0.25, 0.3) is 11.3 Å². The van der Waals surface area contributed by atoms with Crippen LogP contribution < -0.4 is 4.74 Å². The lowest BCUT2D eigenvalue weighted by Gasteiger charge is -2.18. The smallest absolute Gasteiger partial charge is 0.233 e. The van der Waals surface area contributed by atoms with E-state index in [0.717, 1.165) is 30.8 Å². The first-order valence-electron chi connectivity index (χ1n) is 8.44. The van der Waals surface area contributed by atoms with Crippen LogP contribution in [-0.4, -0.2) is 40.7 Å². The molecule has 0 bridgehead atoms. The van der Waals surface area contributed by atoms with Crippen molar-refractivity contribution in [3.05, 3.63) is 42.5 Å². The second-order valence-corrected chi connectivity index (χ2v) is 6.53. The van der Waals surface area contributed by atoms with E-state index >= 15 is 0 Å². The van der Waals surface area contributed by atoms with Crippen LogP contribution in [0, 0.1) is 11.8 Å². The number of aromatic nitrogens is 2. The van der Waals surface area contributed by atoms with Crippen LogP contribution in [0.15, 0.2) is 42.5 Å². The molecule has 1 aliphatic heterocycles. The van der Waals surface area contributed by atoms with E-state index in [9.17, 15) is 4.79 Å². The molecule has 1 amide bonds. The van der Waals surface area contributed by atoms with Crippen LogP contribution in [0.1, 0.15) is 20.3 Å². The summed E-state index contributed by atoms with van der Waals surface area (Å²) in [5, 5.41) is 8.37. The monoisotopic (exact) mass is 325 g/mol. The summed E-state index contributed by atoms with van der Waals surface area (Å²) in [7, 11) is 0. The number of likely N-dealkylation sites (tertiary alicyclic amines) is 1. The van der Waals surface area contributed by atoms with Gasteiger partial charge in [-0.05, 0) is 12.5 Å². The average molecular weight is 325 g/mol. The molecule has 1 aliphatic rings. The Hall–Kier alpha value is -2.43. The van der Waals surface area contributed by atoms with Gasteiger partial charge in [0.25, 0.3) is 0 Å². The molecule has 126 valence electrons. The third kappa shape index (κ3) is 3.91. The highest BCUT2D eigenvalue weighted by Gasteiger charge is 2.27. The first-order valence-corrected chi connectivity index (χ1v) is 8.44. The number of carbonyl (C=O) groups is 1. The Morgan fingerprint density at radius 1 is 1.21 bits per heavy atom.